The Hall–Kier alpha value is -2.30. The lowest BCUT2D eigenvalue weighted by Crippen LogP contribution is -1.96. The second kappa shape index (κ2) is 6.07. The number of halogens is 1. The zero-order chi connectivity index (χ0) is 15.6. The molecule has 0 amide bonds. The van der Waals surface area contributed by atoms with Gasteiger partial charge in [-0.15, -0.1) is 11.3 Å². The number of hydrogen-bond acceptors (Lipinski definition) is 3. The molecule has 0 aliphatic carbocycles. The molecule has 0 fully saturated rings. The molecule has 0 atom stereocenters. The van der Waals surface area contributed by atoms with Gasteiger partial charge in [-0.1, -0.05) is 41.9 Å². The second-order valence-electron chi connectivity index (χ2n) is 5.28. The average molecular weight is 340 g/mol. The highest BCUT2D eigenvalue weighted by molar-refractivity contribution is 7.15. The van der Waals surface area contributed by atoms with Crippen LogP contribution in [0.4, 0.5) is 5.69 Å². The fraction of sp³-hybridized carbons (Fsp3) is 0.0556. The Morgan fingerprint density at radius 1 is 1.09 bits per heavy atom. The number of fused-ring (bicyclic) bond motifs is 1. The molecule has 0 aliphatic rings. The summed E-state index contributed by atoms with van der Waals surface area (Å²) in [5.41, 5.74) is 4.54. The van der Waals surface area contributed by atoms with Crippen LogP contribution in [-0.4, -0.2) is 9.97 Å². The van der Waals surface area contributed by atoms with Crippen LogP contribution >= 0.6 is 22.9 Å². The number of nitrogens with zero attached hydrogens (tertiary/aromatic N) is 1. The van der Waals surface area contributed by atoms with Crippen molar-refractivity contribution in [3.05, 3.63) is 70.1 Å². The Morgan fingerprint density at radius 3 is 2.65 bits per heavy atom. The van der Waals surface area contributed by atoms with E-state index >= 15 is 0 Å². The number of hydrogen-bond donors (Lipinski definition) is 2. The standard InChI is InChI=1S/C18H14ClN3S/c19-18-21-11-15(23-18)10-20-14-7-5-12(6-8-14)17-9-13-3-1-2-4-16(13)22-17/h1-9,11,20,22H,10H2. The van der Waals surface area contributed by atoms with Gasteiger partial charge in [-0.05, 0) is 29.8 Å². The van der Waals surface area contributed by atoms with Gasteiger partial charge >= 0.3 is 0 Å². The first-order chi connectivity index (χ1) is 11.3. The lowest BCUT2D eigenvalue weighted by Gasteiger charge is -2.05. The summed E-state index contributed by atoms with van der Waals surface area (Å²) in [5.74, 6) is 0. The lowest BCUT2D eigenvalue weighted by molar-refractivity contribution is 1.17. The number of nitrogens with one attached hydrogen (secondary N) is 2. The van der Waals surface area contributed by atoms with Crippen LogP contribution in [0.2, 0.25) is 4.47 Å². The van der Waals surface area contributed by atoms with Crippen molar-refractivity contribution >= 4 is 39.5 Å². The van der Waals surface area contributed by atoms with E-state index < -0.39 is 0 Å². The first-order valence-electron chi connectivity index (χ1n) is 7.30. The van der Waals surface area contributed by atoms with Crippen LogP contribution in [0.25, 0.3) is 22.2 Å². The molecule has 2 aromatic heterocycles. The maximum Gasteiger partial charge on any atom is 0.183 e. The molecule has 4 aromatic rings. The summed E-state index contributed by atoms with van der Waals surface area (Å²) in [5, 5.41) is 4.61. The second-order valence-corrected chi connectivity index (χ2v) is 6.98. The van der Waals surface area contributed by atoms with Gasteiger partial charge in [0.1, 0.15) is 0 Å². The van der Waals surface area contributed by atoms with E-state index in [4.69, 9.17) is 11.6 Å². The van der Waals surface area contributed by atoms with Gasteiger partial charge in [0.2, 0.25) is 0 Å². The Bertz CT molecular complexity index is 907. The minimum atomic E-state index is 0.580. The Morgan fingerprint density at radius 2 is 1.91 bits per heavy atom. The summed E-state index contributed by atoms with van der Waals surface area (Å²) in [7, 11) is 0. The molecular formula is C18H14ClN3S. The van der Waals surface area contributed by atoms with E-state index in [-0.39, 0.29) is 0 Å². The molecule has 3 nitrogen and oxygen atoms in total. The smallest absolute Gasteiger partial charge is 0.183 e. The summed E-state index contributed by atoms with van der Waals surface area (Å²) in [6.07, 6.45) is 1.80. The third-order valence-corrected chi connectivity index (χ3v) is 4.83. The monoisotopic (exact) mass is 339 g/mol. The predicted octanol–water partition coefficient (Wildman–Crippen LogP) is 5.56. The normalized spacial score (nSPS) is 11.0. The number of aromatic amines is 1. The molecule has 5 heteroatoms. The van der Waals surface area contributed by atoms with Gasteiger partial charge in [-0.25, -0.2) is 4.98 Å². The number of aromatic nitrogens is 2. The minimum Gasteiger partial charge on any atom is -0.380 e. The number of anilines is 1. The third-order valence-electron chi connectivity index (χ3n) is 3.72. The quantitative estimate of drug-likeness (QED) is 0.511. The summed E-state index contributed by atoms with van der Waals surface area (Å²) >= 11 is 7.34. The molecule has 4 rings (SSSR count). The van der Waals surface area contributed by atoms with Gasteiger partial charge in [0.05, 0.1) is 6.54 Å². The number of para-hydroxylation sites is 1. The maximum atomic E-state index is 5.84. The Kier molecular flexibility index (Phi) is 3.77. The molecule has 0 saturated heterocycles. The van der Waals surface area contributed by atoms with Crippen LogP contribution in [0.5, 0.6) is 0 Å². The molecule has 0 radical (unpaired) electrons. The highest BCUT2D eigenvalue weighted by Crippen LogP contribution is 2.25. The van der Waals surface area contributed by atoms with E-state index in [1.807, 2.05) is 6.07 Å². The molecule has 0 spiro atoms. The van der Waals surface area contributed by atoms with Crippen molar-refractivity contribution in [1.82, 2.24) is 9.97 Å². The van der Waals surface area contributed by atoms with Gasteiger partial charge in [-0.3, -0.25) is 0 Å². The molecule has 23 heavy (non-hydrogen) atoms. The Balaban J connectivity index is 1.51. The van der Waals surface area contributed by atoms with Crippen molar-refractivity contribution < 1.29 is 0 Å². The first kappa shape index (κ1) is 14.3. The van der Waals surface area contributed by atoms with Gasteiger partial charge in [0.25, 0.3) is 0 Å². The van der Waals surface area contributed by atoms with E-state index in [0.717, 1.165) is 28.3 Å². The average Bonchev–Trinajstić information content (AvgIpc) is 3.19. The maximum absolute atomic E-state index is 5.84. The zero-order valence-corrected chi connectivity index (χ0v) is 13.8. The molecule has 0 aliphatic heterocycles. The summed E-state index contributed by atoms with van der Waals surface area (Å²) in [6.45, 7) is 0.732. The Labute approximate surface area is 143 Å². The molecule has 2 N–H and O–H groups in total. The van der Waals surface area contributed by atoms with Crippen LogP contribution in [-0.2, 0) is 6.54 Å². The highest BCUT2D eigenvalue weighted by atomic mass is 35.5. The molecule has 0 saturated carbocycles. The molecule has 2 heterocycles. The van der Waals surface area contributed by atoms with E-state index in [1.54, 1.807) is 6.20 Å². The number of thiazole rings is 1. The largest absolute Gasteiger partial charge is 0.380 e. The summed E-state index contributed by atoms with van der Waals surface area (Å²) < 4.78 is 0.580. The summed E-state index contributed by atoms with van der Waals surface area (Å²) in [4.78, 5) is 8.61. The van der Waals surface area contributed by atoms with Gasteiger partial charge in [0.15, 0.2) is 4.47 Å². The predicted molar refractivity (Wildman–Crippen MR) is 98.2 cm³/mol. The molecular weight excluding hydrogens is 326 g/mol. The molecule has 0 bridgehead atoms. The van der Waals surface area contributed by atoms with E-state index in [2.05, 4.69) is 63.8 Å². The minimum absolute atomic E-state index is 0.580. The molecule has 2 aromatic carbocycles. The van der Waals surface area contributed by atoms with Gasteiger partial charge in [0, 0.05) is 33.4 Å². The van der Waals surface area contributed by atoms with Gasteiger partial charge < -0.3 is 10.3 Å². The number of rotatable bonds is 4. The van der Waals surface area contributed by atoms with Crippen molar-refractivity contribution in [2.45, 2.75) is 6.54 Å². The van der Waals surface area contributed by atoms with Gasteiger partial charge in [-0.2, -0.15) is 0 Å². The van der Waals surface area contributed by atoms with Crippen molar-refractivity contribution in [3.8, 4) is 11.3 Å². The molecule has 114 valence electrons. The lowest BCUT2D eigenvalue weighted by atomic mass is 10.1. The van der Waals surface area contributed by atoms with Crippen molar-refractivity contribution in [1.29, 1.82) is 0 Å². The van der Waals surface area contributed by atoms with E-state index in [9.17, 15) is 0 Å². The number of benzene rings is 2. The third kappa shape index (κ3) is 3.09. The van der Waals surface area contributed by atoms with Crippen LogP contribution < -0.4 is 5.32 Å². The van der Waals surface area contributed by atoms with E-state index in [0.29, 0.717) is 4.47 Å². The van der Waals surface area contributed by atoms with Crippen LogP contribution in [0.1, 0.15) is 4.88 Å². The fourth-order valence-electron chi connectivity index (χ4n) is 2.55. The first-order valence-corrected chi connectivity index (χ1v) is 8.50. The van der Waals surface area contributed by atoms with Crippen LogP contribution in [0.3, 0.4) is 0 Å². The number of H-pyrrole nitrogens is 1. The van der Waals surface area contributed by atoms with Crippen LogP contribution in [0, 0.1) is 0 Å². The zero-order valence-electron chi connectivity index (χ0n) is 12.2. The SMILES string of the molecule is Clc1ncc(CNc2ccc(-c3cc4ccccc4[nH]3)cc2)s1. The van der Waals surface area contributed by atoms with Crippen LogP contribution in [0.15, 0.2) is 60.8 Å². The summed E-state index contributed by atoms with van der Waals surface area (Å²) in [6, 6.07) is 18.9. The highest BCUT2D eigenvalue weighted by Gasteiger charge is 2.03. The fourth-order valence-corrected chi connectivity index (χ4v) is 3.47. The van der Waals surface area contributed by atoms with E-state index in [1.165, 1.54) is 22.3 Å². The van der Waals surface area contributed by atoms with Crippen molar-refractivity contribution in [2.24, 2.45) is 0 Å². The molecule has 0 unspecified atom stereocenters. The van der Waals surface area contributed by atoms with Crippen molar-refractivity contribution in [2.75, 3.05) is 5.32 Å². The van der Waals surface area contributed by atoms with Crippen molar-refractivity contribution in [3.63, 3.8) is 0 Å². The topological polar surface area (TPSA) is 40.7 Å².